The highest BCUT2D eigenvalue weighted by molar-refractivity contribution is 6.31. The molecule has 0 saturated carbocycles. The molecule has 1 N–H and O–H groups in total. The minimum Gasteiger partial charge on any atom is -0.431 e. The molecule has 0 aliphatic carbocycles. The van der Waals surface area contributed by atoms with Crippen molar-refractivity contribution in [3.63, 3.8) is 0 Å². The van der Waals surface area contributed by atoms with Crippen molar-refractivity contribution in [3.05, 3.63) is 46.2 Å². The molecule has 0 atom stereocenters. The molecule has 1 aromatic rings. The van der Waals surface area contributed by atoms with Crippen LogP contribution in [0.5, 0.6) is 0 Å². The van der Waals surface area contributed by atoms with Crippen molar-refractivity contribution in [2.24, 2.45) is 5.41 Å². The van der Waals surface area contributed by atoms with Gasteiger partial charge in [0.1, 0.15) is 17.0 Å². The predicted molar refractivity (Wildman–Crippen MR) is 95.0 cm³/mol. The number of allylic oxidation sites excluding steroid dienone is 1. The smallest absolute Gasteiger partial charge is 0.324 e. The molecule has 0 spiro atoms. The van der Waals surface area contributed by atoms with Gasteiger partial charge < -0.3 is 9.84 Å². The molecule has 0 aliphatic heterocycles. The summed E-state index contributed by atoms with van der Waals surface area (Å²) in [5.74, 6) is -0.554. The number of aryl methyl sites for hydroxylation is 2. The van der Waals surface area contributed by atoms with Crippen LogP contribution in [0.25, 0.3) is 0 Å². The average Bonchev–Trinajstić information content (AvgIpc) is 2.48. The minimum absolute atomic E-state index is 0.0758. The molecular formula is C19H25ClO4. The molecule has 0 fully saturated rings. The highest BCUT2D eigenvalue weighted by Crippen LogP contribution is 2.25. The number of ketones is 1. The molecule has 0 aromatic heterocycles. The summed E-state index contributed by atoms with van der Waals surface area (Å²) in [6, 6.07) is 3.83. The van der Waals surface area contributed by atoms with Gasteiger partial charge in [0.05, 0.1) is 0 Å². The maximum absolute atomic E-state index is 12.0. The van der Waals surface area contributed by atoms with E-state index in [9.17, 15) is 9.59 Å². The van der Waals surface area contributed by atoms with Gasteiger partial charge in [-0.3, -0.25) is 9.59 Å². The van der Waals surface area contributed by atoms with Crippen LogP contribution in [0.2, 0.25) is 5.02 Å². The first-order valence-electron chi connectivity index (χ1n) is 7.89. The maximum atomic E-state index is 12.0. The van der Waals surface area contributed by atoms with Gasteiger partial charge in [0.25, 0.3) is 0 Å². The highest BCUT2D eigenvalue weighted by atomic mass is 35.5. The van der Waals surface area contributed by atoms with Crippen LogP contribution in [0.4, 0.5) is 0 Å². The SMILES string of the molecule is C=C(CCc1cc(CCO)c(C)cc1Cl)OC(=O)C(C)(C)C(C)=O. The summed E-state index contributed by atoms with van der Waals surface area (Å²) in [5.41, 5.74) is 1.80. The van der Waals surface area contributed by atoms with E-state index < -0.39 is 11.4 Å². The summed E-state index contributed by atoms with van der Waals surface area (Å²) >= 11 is 6.26. The van der Waals surface area contributed by atoms with Crippen LogP contribution in [0.15, 0.2) is 24.5 Å². The van der Waals surface area contributed by atoms with Crippen LogP contribution in [0.3, 0.4) is 0 Å². The van der Waals surface area contributed by atoms with Gasteiger partial charge in [-0.05, 0) is 63.3 Å². The Kier molecular flexibility index (Phi) is 7.18. The molecule has 0 unspecified atom stereocenters. The third-order valence-corrected chi connectivity index (χ3v) is 4.54. The quantitative estimate of drug-likeness (QED) is 0.439. The zero-order chi connectivity index (χ0) is 18.5. The minimum atomic E-state index is -1.18. The predicted octanol–water partition coefficient (Wildman–Crippen LogP) is 3.79. The van der Waals surface area contributed by atoms with Gasteiger partial charge >= 0.3 is 5.97 Å². The number of carbonyl (C=O) groups is 2. The van der Waals surface area contributed by atoms with E-state index in [1.165, 1.54) is 20.8 Å². The normalized spacial score (nSPS) is 11.2. The fraction of sp³-hybridized carbons (Fsp3) is 0.474. The summed E-state index contributed by atoms with van der Waals surface area (Å²) in [6.07, 6.45) is 1.55. The molecule has 1 rings (SSSR count). The number of ether oxygens (including phenoxy) is 1. The highest BCUT2D eigenvalue weighted by Gasteiger charge is 2.35. The second kappa shape index (κ2) is 8.45. The number of esters is 1. The molecular weight excluding hydrogens is 328 g/mol. The van der Waals surface area contributed by atoms with Crippen LogP contribution in [-0.2, 0) is 27.2 Å². The van der Waals surface area contributed by atoms with Gasteiger partial charge in [-0.1, -0.05) is 24.2 Å². The molecule has 1 aromatic carbocycles. The Bertz CT molecular complexity index is 647. The Balaban J connectivity index is 2.73. The molecule has 4 nitrogen and oxygen atoms in total. The van der Waals surface area contributed by atoms with Crippen LogP contribution in [0, 0.1) is 12.3 Å². The summed E-state index contributed by atoms with van der Waals surface area (Å²) in [4.78, 5) is 23.5. The lowest BCUT2D eigenvalue weighted by atomic mass is 9.89. The number of hydrogen-bond acceptors (Lipinski definition) is 4. The van der Waals surface area contributed by atoms with Gasteiger partial charge in [0.15, 0.2) is 0 Å². The van der Waals surface area contributed by atoms with Crippen molar-refractivity contribution < 1.29 is 19.4 Å². The van der Waals surface area contributed by atoms with Crippen molar-refractivity contribution in [2.45, 2.75) is 47.0 Å². The number of Topliss-reactive ketones (excluding diaryl/α,β-unsaturated/α-hetero) is 1. The third-order valence-electron chi connectivity index (χ3n) is 4.19. The fourth-order valence-electron chi connectivity index (χ4n) is 2.08. The molecule has 132 valence electrons. The maximum Gasteiger partial charge on any atom is 0.324 e. The van der Waals surface area contributed by atoms with Crippen molar-refractivity contribution in [3.8, 4) is 0 Å². The Morgan fingerprint density at radius 2 is 1.88 bits per heavy atom. The topological polar surface area (TPSA) is 63.6 Å². The van der Waals surface area contributed by atoms with E-state index in [-0.39, 0.29) is 12.4 Å². The Morgan fingerprint density at radius 3 is 2.42 bits per heavy atom. The summed E-state index contributed by atoms with van der Waals surface area (Å²) < 4.78 is 5.20. The van der Waals surface area contributed by atoms with E-state index in [2.05, 4.69) is 6.58 Å². The molecule has 0 radical (unpaired) electrons. The molecule has 0 amide bonds. The number of carbonyl (C=O) groups excluding carboxylic acids is 2. The first-order chi connectivity index (χ1) is 11.1. The number of aliphatic hydroxyl groups is 1. The standard InChI is InChI=1S/C19H25ClO4/c1-12-10-17(20)16(11-15(12)8-9-21)7-6-13(2)24-18(23)19(4,5)14(3)22/h10-11,21H,2,6-9H2,1,3-5H3. The average molecular weight is 353 g/mol. The van der Waals surface area contributed by atoms with E-state index >= 15 is 0 Å². The monoisotopic (exact) mass is 352 g/mol. The molecule has 5 heteroatoms. The summed E-state index contributed by atoms with van der Waals surface area (Å²) in [6.45, 7) is 10.2. The van der Waals surface area contributed by atoms with Crippen LogP contribution >= 0.6 is 11.6 Å². The van der Waals surface area contributed by atoms with Crippen LogP contribution in [-0.4, -0.2) is 23.5 Å². The molecule has 0 heterocycles. The van der Waals surface area contributed by atoms with E-state index in [0.717, 1.165) is 16.7 Å². The first kappa shape index (κ1) is 20.4. The largest absolute Gasteiger partial charge is 0.431 e. The number of benzene rings is 1. The Hall–Kier alpha value is -1.65. The van der Waals surface area contributed by atoms with Crippen molar-refractivity contribution >= 4 is 23.4 Å². The number of hydrogen-bond donors (Lipinski definition) is 1. The van der Waals surface area contributed by atoms with Crippen molar-refractivity contribution in [1.29, 1.82) is 0 Å². The summed E-state index contributed by atoms with van der Waals surface area (Å²) in [5, 5.41) is 9.75. The number of aliphatic hydroxyl groups excluding tert-OH is 1. The Morgan fingerprint density at radius 1 is 1.25 bits per heavy atom. The summed E-state index contributed by atoms with van der Waals surface area (Å²) in [7, 11) is 0. The number of rotatable bonds is 8. The molecule has 0 aliphatic rings. The second-order valence-corrected chi connectivity index (χ2v) is 6.86. The van der Waals surface area contributed by atoms with Crippen LogP contribution < -0.4 is 0 Å². The third kappa shape index (κ3) is 5.18. The lowest BCUT2D eigenvalue weighted by Crippen LogP contribution is -2.33. The molecule has 24 heavy (non-hydrogen) atoms. The van der Waals surface area contributed by atoms with E-state index in [4.69, 9.17) is 21.4 Å². The van der Waals surface area contributed by atoms with Gasteiger partial charge in [-0.2, -0.15) is 0 Å². The van der Waals surface area contributed by atoms with Crippen LogP contribution in [0.1, 0.15) is 43.9 Å². The zero-order valence-corrected chi connectivity index (χ0v) is 15.5. The van der Waals surface area contributed by atoms with Gasteiger partial charge in [0.2, 0.25) is 0 Å². The fourth-order valence-corrected chi connectivity index (χ4v) is 2.39. The van der Waals surface area contributed by atoms with Gasteiger partial charge in [-0.25, -0.2) is 0 Å². The van der Waals surface area contributed by atoms with E-state index in [1.807, 2.05) is 19.1 Å². The van der Waals surface area contributed by atoms with Gasteiger partial charge in [-0.15, -0.1) is 0 Å². The zero-order valence-electron chi connectivity index (χ0n) is 14.7. The van der Waals surface area contributed by atoms with E-state index in [0.29, 0.717) is 30.0 Å². The second-order valence-electron chi connectivity index (χ2n) is 6.45. The molecule has 0 bridgehead atoms. The molecule has 0 saturated heterocycles. The Labute approximate surface area is 148 Å². The van der Waals surface area contributed by atoms with Gasteiger partial charge in [0, 0.05) is 18.1 Å². The number of halogens is 1. The lowest BCUT2D eigenvalue weighted by Gasteiger charge is -2.20. The van der Waals surface area contributed by atoms with Crippen molar-refractivity contribution in [1.82, 2.24) is 0 Å². The lowest BCUT2D eigenvalue weighted by molar-refractivity contribution is -0.154. The first-order valence-corrected chi connectivity index (χ1v) is 8.27. The van der Waals surface area contributed by atoms with E-state index in [1.54, 1.807) is 0 Å². The van der Waals surface area contributed by atoms with Crippen molar-refractivity contribution in [2.75, 3.05) is 6.61 Å².